The molecule has 0 saturated carbocycles. The highest BCUT2D eigenvalue weighted by atomic mass is 35.5. The monoisotopic (exact) mass is 375 g/mol. The Morgan fingerprint density at radius 2 is 1.84 bits per heavy atom. The Balaban J connectivity index is 1.59. The molecule has 2 aromatic carbocycles. The number of anilines is 1. The molecule has 3 aromatic rings. The van der Waals surface area contributed by atoms with Gasteiger partial charge in [0.05, 0.1) is 10.9 Å². The number of halogens is 2. The van der Waals surface area contributed by atoms with Gasteiger partial charge < -0.3 is 10.3 Å². The average Bonchev–Trinajstić information content (AvgIpc) is 2.54. The lowest BCUT2D eigenvalue weighted by Crippen LogP contribution is -2.14. The number of benzene rings is 2. The lowest BCUT2D eigenvalue weighted by molar-refractivity contribution is -0.116. The molecule has 0 saturated heterocycles. The van der Waals surface area contributed by atoms with E-state index in [0.29, 0.717) is 51.7 Å². The van der Waals surface area contributed by atoms with E-state index in [1.165, 1.54) is 0 Å². The molecular formula is C18H15Cl2N3O2. The Morgan fingerprint density at radius 1 is 1.12 bits per heavy atom. The number of nitrogens with one attached hydrogen (secondary N) is 2. The second-order valence-corrected chi connectivity index (χ2v) is 6.46. The minimum absolute atomic E-state index is 0.151. The summed E-state index contributed by atoms with van der Waals surface area (Å²) >= 11 is 11.8. The largest absolute Gasteiger partial charge is 0.326 e. The van der Waals surface area contributed by atoms with Gasteiger partial charge >= 0.3 is 0 Å². The maximum absolute atomic E-state index is 12.0. The van der Waals surface area contributed by atoms with Gasteiger partial charge in [0, 0.05) is 28.6 Å². The standard InChI is InChI=1S/C18H15Cl2N3O2/c19-11-8-12(20)10-13(9-11)21-17(24)7-3-6-16-22-15-5-2-1-4-14(15)18(25)23-16/h1-2,4-5,8-10H,3,6-7H2,(H,21,24)(H,22,23,25). The summed E-state index contributed by atoms with van der Waals surface area (Å²) in [5.74, 6) is 0.420. The van der Waals surface area contributed by atoms with E-state index in [2.05, 4.69) is 15.3 Å². The summed E-state index contributed by atoms with van der Waals surface area (Å²) in [7, 11) is 0. The van der Waals surface area contributed by atoms with Crippen molar-refractivity contribution in [1.29, 1.82) is 0 Å². The summed E-state index contributed by atoms with van der Waals surface area (Å²) in [6.07, 6.45) is 1.35. The number of carbonyl (C=O) groups is 1. The summed E-state index contributed by atoms with van der Waals surface area (Å²) in [5.41, 5.74) is 1.04. The third-order valence-corrected chi connectivity index (χ3v) is 4.06. The van der Waals surface area contributed by atoms with Crippen LogP contribution in [0.1, 0.15) is 18.7 Å². The van der Waals surface area contributed by atoms with Crippen LogP contribution in [0.4, 0.5) is 5.69 Å². The molecule has 0 atom stereocenters. The number of hydrogen-bond acceptors (Lipinski definition) is 3. The van der Waals surface area contributed by atoms with Crippen molar-refractivity contribution in [3.05, 3.63) is 68.7 Å². The van der Waals surface area contributed by atoms with E-state index in [0.717, 1.165) is 0 Å². The molecule has 25 heavy (non-hydrogen) atoms. The molecule has 0 aliphatic heterocycles. The van der Waals surface area contributed by atoms with Gasteiger partial charge in [-0.3, -0.25) is 9.59 Å². The molecule has 0 fully saturated rings. The first kappa shape index (κ1) is 17.5. The fourth-order valence-corrected chi connectivity index (χ4v) is 3.05. The number of hydrogen-bond donors (Lipinski definition) is 2. The van der Waals surface area contributed by atoms with Crippen molar-refractivity contribution in [2.75, 3.05) is 5.32 Å². The maximum Gasteiger partial charge on any atom is 0.258 e. The molecule has 3 rings (SSSR count). The van der Waals surface area contributed by atoms with E-state index in [1.54, 1.807) is 36.4 Å². The number of aromatic amines is 1. The van der Waals surface area contributed by atoms with E-state index >= 15 is 0 Å². The van der Waals surface area contributed by atoms with Crippen molar-refractivity contribution in [2.45, 2.75) is 19.3 Å². The van der Waals surface area contributed by atoms with Gasteiger partial charge in [0.2, 0.25) is 5.91 Å². The zero-order valence-corrected chi connectivity index (χ0v) is 14.7. The van der Waals surface area contributed by atoms with Crippen LogP contribution < -0.4 is 10.9 Å². The third-order valence-electron chi connectivity index (χ3n) is 3.63. The second kappa shape index (κ2) is 7.68. The van der Waals surface area contributed by atoms with Crippen molar-refractivity contribution in [3.63, 3.8) is 0 Å². The van der Waals surface area contributed by atoms with Crippen LogP contribution >= 0.6 is 23.2 Å². The fraction of sp³-hybridized carbons (Fsp3) is 0.167. The number of fused-ring (bicyclic) bond motifs is 1. The van der Waals surface area contributed by atoms with E-state index in [4.69, 9.17) is 23.2 Å². The summed E-state index contributed by atoms with van der Waals surface area (Å²) in [4.78, 5) is 31.2. The van der Waals surface area contributed by atoms with Crippen molar-refractivity contribution >= 4 is 45.7 Å². The Bertz CT molecular complexity index is 965. The molecule has 128 valence electrons. The van der Waals surface area contributed by atoms with Crippen LogP contribution in [0.15, 0.2) is 47.3 Å². The van der Waals surface area contributed by atoms with Crippen LogP contribution in [-0.2, 0) is 11.2 Å². The van der Waals surface area contributed by atoms with Gasteiger partial charge in [-0.1, -0.05) is 35.3 Å². The zero-order chi connectivity index (χ0) is 17.8. The average molecular weight is 376 g/mol. The predicted molar refractivity (Wildman–Crippen MR) is 100 cm³/mol. The highest BCUT2D eigenvalue weighted by molar-refractivity contribution is 6.35. The molecule has 0 bridgehead atoms. The number of rotatable bonds is 5. The van der Waals surface area contributed by atoms with Gasteiger partial charge in [0.1, 0.15) is 5.82 Å². The molecular weight excluding hydrogens is 361 g/mol. The summed E-state index contributed by atoms with van der Waals surface area (Å²) < 4.78 is 0. The van der Waals surface area contributed by atoms with Crippen LogP contribution in [0.2, 0.25) is 10.0 Å². The van der Waals surface area contributed by atoms with Gasteiger partial charge in [0.25, 0.3) is 5.56 Å². The zero-order valence-electron chi connectivity index (χ0n) is 13.2. The Kier molecular flexibility index (Phi) is 5.36. The van der Waals surface area contributed by atoms with E-state index < -0.39 is 0 Å². The van der Waals surface area contributed by atoms with Crippen molar-refractivity contribution in [3.8, 4) is 0 Å². The minimum atomic E-state index is -0.168. The summed E-state index contributed by atoms with van der Waals surface area (Å²) in [5, 5.41) is 4.23. The van der Waals surface area contributed by atoms with Gasteiger partial charge in [0.15, 0.2) is 0 Å². The first-order valence-electron chi connectivity index (χ1n) is 7.75. The summed E-state index contributed by atoms with van der Waals surface area (Å²) in [6, 6.07) is 12.0. The topological polar surface area (TPSA) is 74.8 Å². The van der Waals surface area contributed by atoms with Gasteiger partial charge in [-0.05, 0) is 36.8 Å². The number of para-hydroxylation sites is 1. The molecule has 2 N–H and O–H groups in total. The van der Waals surface area contributed by atoms with Crippen molar-refractivity contribution in [1.82, 2.24) is 9.97 Å². The molecule has 1 amide bonds. The first-order valence-corrected chi connectivity index (χ1v) is 8.51. The van der Waals surface area contributed by atoms with Crippen LogP contribution in [0.25, 0.3) is 10.9 Å². The number of amides is 1. The number of nitrogens with zero attached hydrogens (tertiary/aromatic N) is 1. The SMILES string of the molecule is O=C(CCCc1nc2ccccc2c(=O)[nH]1)Nc1cc(Cl)cc(Cl)c1. The molecule has 0 spiro atoms. The molecule has 0 aliphatic rings. The molecule has 1 heterocycles. The molecule has 0 radical (unpaired) electrons. The maximum atomic E-state index is 12.0. The van der Waals surface area contributed by atoms with E-state index in [9.17, 15) is 9.59 Å². The van der Waals surface area contributed by atoms with Gasteiger partial charge in [-0.25, -0.2) is 4.98 Å². The number of H-pyrrole nitrogens is 1. The van der Waals surface area contributed by atoms with Crippen molar-refractivity contribution < 1.29 is 4.79 Å². The number of carbonyl (C=O) groups excluding carboxylic acids is 1. The van der Waals surface area contributed by atoms with Gasteiger partial charge in [-0.2, -0.15) is 0 Å². The number of aryl methyl sites for hydroxylation is 1. The third kappa shape index (κ3) is 4.59. The first-order chi connectivity index (χ1) is 12.0. The lowest BCUT2D eigenvalue weighted by atomic mass is 10.2. The fourth-order valence-electron chi connectivity index (χ4n) is 2.52. The van der Waals surface area contributed by atoms with Crippen LogP contribution in [-0.4, -0.2) is 15.9 Å². The Hall–Kier alpha value is -2.37. The smallest absolute Gasteiger partial charge is 0.258 e. The highest BCUT2D eigenvalue weighted by Crippen LogP contribution is 2.22. The minimum Gasteiger partial charge on any atom is -0.326 e. The quantitative estimate of drug-likeness (QED) is 0.701. The van der Waals surface area contributed by atoms with Crippen molar-refractivity contribution in [2.24, 2.45) is 0 Å². The van der Waals surface area contributed by atoms with E-state index in [1.807, 2.05) is 6.07 Å². The van der Waals surface area contributed by atoms with Gasteiger partial charge in [-0.15, -0.1) is 0 Å². The Labute approximate surface area is 154 Å². The summed E-state index contributed by atoms with van der Waals surface area (Å²) in [6.45, 7) is 0. The normalized spacial score (nSPS) is 10.8. The molecule has 0 unspecified atom stereocenters. The Morgan fingerprint density at radius 3 is 2.60 bits per heavy atom. The lowest BCUT2D eigenvalue weighted by Gasteiger charge is -2.07. The predicted octanol–water partition coefficient (Wildman–Crippen LogP) is 4.19. The number of aromatic nitrogens is 2. The molecule has 7 heteroatoms. The highest BCUT2D eigenvalue weighted by Gasteiger charge is 2.07. The van der Waals surface area contributed by atoms with Crippen LogP contribution in [0.5, 0.6) is 0 Å². The second-order valence-electron chi connectivity index (χ2n) is 5.59. The molecule has 5 nitrogen and oxygen atoms in total. The van der Waals surface area contributed by atoms with Crippen LogP contribution in [0.3, 0.4) is 0 Å². The van der Waals surface area contributed by atoms with E-state index in [-0.39, 0.29) is 11.5 Å². The van der Waals surface area contributed by atoms with Crippen LogP contribution in [0, 0.1) is 0 Å². The molecule has 0 aliphatic carbocycles. The molecule has 1 aromatic heterocycles.